The molecule has 112 valence electrons. The van der Waals surface area contributed by atoms with Crippen LogP contribution in [-0.4, -0.2) is 4.92 Å². The molecule has 0 unspecified atom stereocenters. The van der Waals surface area contributed by atoms with Crippen LogP contribution in [0, 0.1) is 10.1 Å². The highest BCUT2D eigenvalue weighted by Crippen LogP contribution is 2.29. The molecule has 23 heavy (non-hydrogen) atoms. The number of benzene rings is 3. The molecule has 0 bridgehead atoms. The zero-order valence-electron chi connectivity index (χ0n) is 12.4. The topological polar surface area (TPSA) is 43.1 Å². The molecule has 3 aromatic carbocycles. The van der Waals surface area contributed by atoms with Crippen molar-refractivity contribution in [1.29, 1.82) is 0 Å². The molecule has 3 rings (SSSR count). The molecule has 0 heterocycles. The van der Waals surface area contributed by atoms with Crippen LogP contribution < -0.4 is 0 Å². The van der Waals surface area contributed by atoms with E-state index in [0.717, 1.165) is 16.7 Å². The van der Waals surface area contributed by atoms with E-state index in [1.165, 1.54) is 6.07 Å². The van der Waals surface area contributed by atoms with E-state index in [1.807, 2.05) is 72.8 Å². The first-order valence-electron chi connectivity index (χ1n) is 7.31. The Balaban J connectivity index is 2.19. The average Bonchev–Trinajstić information content (AvgIpc) is 2.61. The minimum absolute atomic E-state index is 0.108. The molecule has 0 saturated heterocycles. The summed E-state index contributed by atoms with van der Waals surface area (Å²) in [4.78, 5) is 10.9. The molecule has 0 fully saturated rings. The summed E-state index contributed by atoms with van der Waals surface area (Å²) >= 11 is 0. The highest BCUT2D eigenvalue weighted by molar-refractivity contribution is 5.92. The third-order valence-corrected chi connectivity index (χ3v) is 3.60. The summed E-state index contributed by atoms with van der Waals surface area (Å²) in [6.45, 7) is 0. The molecule has 0 amide bonds. The molecule has 3 aromatic rings. The smallest absolute Gasteiger partial charge is 0.258 e. The zero-order chi connectivity index (χ0) is 16.1. The van der Waals surface area contributed by atoms with E-state index in [9.17, 15) is 10.1 Å². The van der Waals surface area contributed by atoms with Crippen LogP contribution in [0.5, 0.6) is 0 Å². The van der Waals surface area contributed by atoms with Gasteiger partial charge in [0, 0.05) is 6.07 Å². The van der Waals surface area contributed by atoms with Gasteiger partial charge in [-0.15, -0.1) is 0 Å². The molecule has 3 heteroatoms. The molecular weight excluding hydrogens is 286 g/mol. The molecule has 0 N–H and O–H groups in total. The molecule has 0 atom stereocenters. The first-order chi connectivity index (χ1) is 11.3. The minimum atomic E-state index is -0.348. The van der Waals surface area contributed by atoms with Crippen molar-refractivity contribution in [3.8, 4) is 0 Å². The Hall–Kier alpha value is -3.20. The number of rotatable bonds is 4. The maximum atomic E-state index is 11.3. The van der Waals surface area contributed by atoms with Crippen molar-refractivity contribution in [3.63, 3.8) is 0 Å². The lowest BCUT2D eigenvalue weighted by Crippen LogP contribution is -1.93. The Kier molecular flexibility index (Phi) is 4.29. The number of nitro groups is 1. The van der Waals surface area contributed by atoms with Crippen LogP contribution in [0.1, 0.15) is 16.7 Å². The van der Waals surface area contributed by atoms with Crippen LogP contribution in [-0.2, 0) is 0 Å². The zero-order valence-corrected chi connectivity index (χ0v) is 12.4. The Morgan fingerprint density at radius 2 is 1.22 bits per heavy atom. The standard InChI is InChI=1S/C20H15NO2/c22-21(23)20-14-8-7-13-18(20)15-19(16-9-3-1-4-10-16)17-11-5-2-6-12-17/h1-15H. The van der Waals surface area contributed by atoms with E-state index < -0.39 is 0 Å². The van der Waals surface area contributed by atoms with Crippen molar-refractivity contribution in [3.05, 3.63) is 112 Å². The van der Waals surface area contributed by atoms with E-state index in [4.69, 9.17) is 0 Å². The fourth-order valence-corrected chi connectivity index (χ4v) is 2.50. The van der Waals surface area contributed by atoms with E-state index in [0.29, 0.717) is 5.56 Å². The second kappa shape index (κ2) is 6.71. The van der Waals surface area contributed by atoms with Crippen LogP contribution in [0.3, 0.4) is 0 Å². The van der Waals surface area contributed by atoms with Gasteiger partial charge in [-0.3, -0.25) is 10.1 Å². The Bertz CT molecular complexity index is 798. The first kappa shape index (κ1) is 14.7. The lowest BCUT2D eigenvalue weighted by molar-refractivity contribution is -0.385. The van der Waals surface area contributed by atoms with Crippen LogP contribution in [0.4, 0.5) is 5.69 Å². The van der Waals surface area contributed by atoms with Crippen LogP contribution in [0.25, 0.3) is 11.6 Å². The van der Waals surface area contributed by atoms with Gasteiger partial charge in [-0.2, -0.15) is 0 Å². The van der Waals surface area contributed by atoms with Gasteiger partial charge in [-0.05, 0) is 28.8 Å². The predicted molar refractivity (Wildman–Crippen MR) is 93.0 cm³/mol. The second-order valence-electron chi connectivity index (χ2n) is 5.11. The molecule has 0 radical (unpaired) electrons. The summed E-state index contributed by atoms with van der Waals surface area (Å²) in [5, 5.41) is 11.3. The summed E-state index contributed by atoms with van der Waals surface area (Å²) in [6.07, 6.45) is 1.88. The highest BCUT2D eigenvalue weighted by atomic mass is 16.6. The van der Waals surface area contributed by atoms with Crippen molar-refractivity contribution in [2.75, 3.05) is 0 Å². The number of para-hydroxylation sites is 1. The van der Waals surface area contributed by atoms with Crippen LogP contribution in [0.15, 0.2) is 84.9 Å². The van der Waals surface area contributed by atoms with Gasteiger partial charge in [0.2, 0.25) is 0 Å². The monoisotopic (exact) mass is 301 g/mol. The first-order valence-corrected chi connectivity index (χ1v) is 7.31. The maximum Gasteiger partial charge on any atom is 0.276 e. The second-order valence-corrected chi connectivity index (χ2v) is 5.11. The summed E-state index contributed by atoms with van der Waals surface area (Å²) < 4.78 is 0. The summed E-state index contributed by atoms with van der Waals surface area (Å²) in [5.74, 6) is 0. The Morgan fingerprint density at radius 1 is 0.739 bits per heavy atom. The van der Waals surface area contributed by atoms with Crippen molar-refractivity contribution in [1.82, 2.24) is 0 Å². The summed E-state index contributed by atoms with van der Waals surface area (Å²) in [6, 6.07) is 26.6. The van der Waals surface area contributed by atoms with E-state index in [-0.39, 0.29) is 10.6 Å². The van der Waals surface area contributed by atoms with Crippen molar-refractivity contribution >= 4 is 17.3 Å². The molecular formula is C20H15NO2. The molecule has 3 nitrogen and oxygen atoms in total. The van der Waals surface area contributed by atoms with Crippen LogP contribution in [0.2, 0.25) is 0 Å². The Morgan fingerprint density at radius 3 is 1.74 bits per heavy atom. The quantitative estimate of drug-likeness (QED) is 0.378. The molecule has 0 aliphatic rings. The lowest BCUT2D eigenvalue weighted by atomic mass is 9.95. The average molecular weight is 301 g/mol. The number of hydrogen-bond acceptors (Lipinski definition) is 2. The van der Waals surface area contributed by atoms with Crippen molar-refractivity contribution < 1.29 is 4.92 Å². The fourth-order valence-electron chi connectivity index (χ4n) is 2.50. The summed E-state index contributed by atoms with van der Waals surface area (Å²) in [5.41, 5.74) is 3.71. The third kappa shape index (κ3) is 3.35. The Labute approximate surface area is 134 Å². The summed E-state index contributed by atoms with van der Waals surface area (Å²) in [7, 11) is 0. The minimum Gasteiger partial charge on any atom is -0.258 e. The molecule has 0 aromatic heterocycles. The van der Waals surface area contributed by atoms with E-state index >= 15 is 0 Å². The predicted octanol–water partition coefficient (Wildman–Crippen LogP) is 5.18. The molecule has 0 aliphatic carbocycles. The lowest BCUT2D eigenvalue weighted by Gasteiger charge is -2.09. The van der Waals surface area contributed by atoms with Crippen LogP contribution >= 0.6 is 0 Å². The number of hydrogen-bond donors (Lipinski definition) is 0. The van der Waals surface area contributed by atoms with Crippen molar-refractivity contribution in [2.45, 2.75) is 0 Å². The van der Waals surface area contributed by atoms with Gasteiger partial charge in [-0.1, -0.05) is 72.8 Å². The highest BCUT2D eigenvalue weighted by Gasteiger charge is 2.12. The van der Waals surface area contributed by atoms with E-state index in [1.54, 1.807) is 12.1 Å². The largest absolute Gasteiger partial charge is 0.276 e. The number of nitrogens with zero attached hydrogens (tertiary/aromatic N) is 1. The fraction of sp³-hybridized carbons (Fsp3) is 0. The number of nitro benzene ring substituents is 1. The molecule has 0 aliphatic heterocycles. The van der Waals surface area contributed by atoms with Gasteiger partial charge in [-0.25, -0.2) is 0 Å². The van der Waals surface area contributed by atoms with Crippen molar-refractivity contribution in [2.24, 2.45) is 0 Å². The maximum absolute atomic E-state index is 11.3. The molecule has 0 saturated carbocycles. The van der Waals surface area contributed by atoms with Gasteiger partial charge in [0.15, 0.2) is 0 Å². The van der Waals surface area contributed by atoms with Gasteiger partial charge in [0.1, 0.15) is 0 Å². The third-order valence-electron chi connectivity index (χ3n) is 3.60. The van der Waals surface area contributed by atoms with E-state index in [2.05, 4.69) is 0 Å². The van der Waals surface area contributed by atoms with Gasteiger partial charge in [0.25, 0.3) is 5.69 Å². The van der Waals surface area contributed by atoms with Gasteiger partial charge in [0.05, 0.1) is 10.5 Å². The molecule has 0 spiro atoms. The van der Waals surface area contributed by atoms with Gasteiger partial charge < -0.3 is 0 Å². The SMILES string of the molecule is O=[N+]([O-])c1ccccc1C=C(c1ccccc1)c1ccccc1. The normalized spacial score (nSPS) is 10.1. The van der Waals surface area contributed by atoms with Gasteiger partial charge >= 0.3 is 0 Å².